The maximum atomic E-state index is 12.9. The number of carbonyl (C=O) groups is 2. The minimum absolute atomic E-state index is 0.0238. The van der Waals surface area contributed by atoms with E-state index in [1.165, 1.54) is 23.8 Å². The molecule has 2 aromatic heterocycles. The first-order valence-electron chi connectivity index (χ1n) is 14.4. The van der Waals surface area contributed by atoms with Gasteiger partial charge in [-0.15, -0.1) is 0 Å². The number of benzene rings is 2. The van der Waals surface area contributed by atoms with Gasteiger partial charge in [0.25, 0.3) is 11.5 Å². The van der Waals surface area contributed by atoms with Gasteiger partial charge < -0.3 is 35.6 Å². The van der Waals surface area contributed by atoms with Gasteiger partial charge in [0, 0.05) is 67.2 Å². The van der Waals surface area contributed by atoms with Crippen LogP contribution in [-0.2, 0) is 11.8 Å². The molecule has 1 fully saturated rings. The summed E-state index contributed by atoms with van der Waals surface area (Å²) in [7, 11) is 1.66. The lowest BCUT2D eigenvalue weighted by atomic mass is 10.0. The van der Waals surface area contributed by atoms with E-state index in [0.29, 0.717) is 52.4 Å². The zero-order valence-corrected chi connectivity index (χ0v) is 24.4. The highest BCUT2D eigenvalue weighted by molar-refractivity contribution is 6.02. The zero-order chi connectivity index (χ0) is 29.8. The van der Waals surface area contributed by atoms with E-state index in [4.69, 9.17) is 10.5 Å². The van der Waals surface area contributed by atoms with Crippen molar-refractivity contribution in [1.82, 2.24) is 19.8 Å². The molecule has 1 aliphatic rings. The highest BCUT2D eigenvalue weighted by Crippen LogP contribution is 2.34. The summed E-state index contributed by atoms with van der Waals surface area (Å²) in [6.07, 6.45) is 5.83. The van der Waals surface area contributed by atoms with Crippen LogP contribution in [0.15, 0.2) is 53.5 Å². The maximum Gasteiger partial charge on any atom is 0.274 e. The van der Waals surface area contributed by atoms with E-state index in [9.17, 15) is 14.4 Å². The molecule has 3 heterocycles. The molecule has 4 aromatic rings. The summed E-state index contributed by atoms with van der Waals surface area (Å²) in [6, 6.07) is 12.6. The van der Waals surface area contributed by atoms with Crippen LogP contribution in [0, 0.1) is 6.92 Å². The highest BCUT2D eigenvalue weighted by Gasteiger charge is 2.17. The molecule has 0 saturated carbocycles. The van der Waals surface area contributed by atoms with Crippen LogP contribution in [0.25, 0.3) is 22.0 Å². The Morgan fingerprint density at radius 3 is 2.60 bits per heavy atom. The van der Waals surface area contributed by atoms with Crippen molar-refractivity contribution < 1.29 is 14.3 Å². The molecule has 1 saturated heterocycles. The molecular weight excluding hydrogens is 532 g/mol. The molecule has 0 unspecified atom stereocenters. The number of nitrogens with one attached hydrogen (secondary N) is 3. The number of aromatic amines is 1. The molecule has 0 aliphatic carbocycles. The monoisotopic (exact) mass is 570 g/mol. The third-order valence-corrected chi connectivity index (χ3v) is 7.61. The van der Waals surface area contributed by atoms with Crippen molar-refractivity contribution >= 4 is 34.1 Å². The highest BCUT2D eigenvalue weighted by atomic mass is 16.5. The molecular formula is C32H38N6O4. The summed E-state index contributed by atoms with van der Waals surface area (Å²) in [5.74, 6) is 0.739. The number of likely N-dealkylation sites (tertiary alicyclic amines) is 1. The van der Waals surface area contributed by atoms with Gasteiger partial charge in [0.2, 0.25) is 5.91 Å². The van der Waals surface area contributed by atoms with Crippen molar-refractivity contribution in [2.24, 2.45) is 7.05 Å². The molecule has 0 radical (unpaired) electrons. The third kappa shape index (κ3) is 6.49. The summed E-state index contributed by atoms with van der Waals surface area (Å²) in [4.78, 5) is 43.4. The molecule has 0 atom stereocenters. The van der Waals surface area contributed by atoms with Gasteiger partial charge in [-0.1, -0.05) is 12.5 Å². The van der Waals surface area contributed by atoms with Crippen molar-refractivity contribution in [2.75, 3.05) is 37.2 Å². The molecule has 5 rings (SSSR count). The van der Waals surface area contributed by atoms with Crippen LogP contribution in [-0.4, -0.2) is 52.4 Å². The molecule has 220 valence electrons. The predicted octanol–water partition coefficient (Wildman–Crippen LogP) is 4.78. The summed E-state index contributed by atoms with van der Waals surface area (Å²) in [5.41, 5.74) is 10.2. The van der Waals surface area contributed by atoms with Crippen LogP contribution in [0.4, 0.5) is 11.4 Å². The van der Waals surface area contributed by atoms with Gasteiger partial charge in [0.1, 0.15) is 22.7 Å². The molecule has 10 nitrogen and oxygen atoms in total. The smallest absolute Gasteiger partial charge is 0.274 e. The number of piperidine rings is 1. The van der Waals surface area contributed by atoms with E-state index in [0.717, 1.165) is 36.3 Å². The van der Waals surface area contributed by atoms with Crippen LogP contribution in [0.2, 0.25) is 0 Å². The number of nitrogens with two attached hydrogens (primary N) is 1. The second kappa shape index (κ2) is 12.5. The minimum atomic E-state index is -0.285. The number of ether oxygens (including phenoxy) is 1. The van der Waals surface area contributed by atoms with Gasteiger partial charge in [-0.05, 0) is 75.2 Å². The van der Waals surface area contributed by atoms with Gasteiger partial charge >= 0.3 is 0 Å². The number of nitrogens with zero attached hydrogens (tertiary/aromatic N) is 2. The number of pyridine rings is 1. The standard InChI is InChI=1S/C32H38N6O4/c1-4-34-31(40)28-18-25-26(19-37(3)32(41)30(25)36-28)21-14-22(33)16-24(15-21)42-23-9-8-20(2)27(17-23)35-29(39)10-13-38-11-6-5-7-12-38/h8-9,14-19,36H,4-7,10-13,33H2,1-3H3,(H,34,40)(H,35,39). The number of amides is 2. The Hall–Kier alpha value is -4.57. The van der Waals surface area contributed by atoms with Gasteiger partial charge in [-0.25, -0.2) is 0 Å². The summed E-state index contributed by atoms with van der Waals surface area (Å²) in [5, 5.41) is 6.41. The molecule has 1 aliphatic heterocycles. The molecule has 10 heteroatoms. The van der Waals surface area contributed by atoms with Gasteiger partial charge in [0.05, 0.1) is 0 Å². The summed E-state index contributed by atoms with van der Waals surface area (Å²) < 4.78 is 7.69. The molecule has 0 bridgehead atoms. The first-order chi connectivity index (χ1) is 20.2. The Bertz CT molecular complexity index is 1680. The van der Waals surface area contributed by atoms with E-state index in [1.54, 1.807) is 31.4 Å². The number of fused-ring (bicyclic) bond motifs is 1. The topological polar surface area (TPSA) is 134 Å². The van der Waals surface area contributed by atoms with E-state index in [2.05, 4.69) is 20.5 Å². The maximum absolute atomic E-state index is 12.9. The molecule has 5 N–H and O–H groups in total. The van der Waals surface area contributed by atoms with Crippen LogP contribution >= 0.6 is 0 Å². The lowest BCUT2D eigenvalue weighted by Crippen LogP contribution is -2.32. The number of H-pyrrole nitrogens is 1. The number of aromatic nitrogens is 2. The Balaban J connectivity index is 1.39. The normalized spacial score (nSPS) is 13.7. The number of nitrogen functional groups attached to an aromatic ring is 1. The van der Waals surface area contributed by atoms with Gasteiger partial charge in [-0.2, -0.15) is 0 Å². The van der Waals surface area contributed by atoms with Crippen LogP contribution in [0.5, 0.6) is 11.5 Å². The number of rotatable bonds is 9. The van der Waals surface area contributed by atoms with Crippen LogP contribution in [0.1, 0.15) is 48.7 Å². The van der Waals surface area contributed by atoms with Crippen molar-refractivity contribution in [2.45, 2.75) is 39.5 Å². The zero-order valence-electron chi connectivity index (χ0n) is 24.4. The van der Waals surface area contributed by atoms with Gasteiger partial charge in [-0.3, -0.25) is 14.4 Å². The average Bonchev–Trinajstić information content (AvgIpc) is 3.42. The summed E-state index contributed by atoms with van der Waals surface area (Å²) >= 11 is 0. The summed E-state index contributed by atoms with van der Waals surface area (Å²) in [6.45, 7) is 7.12. The first-order valence-corrected chi connectivity index (χ1v) is 14.4. The van der Waals surface area contributed by atoms with E-state index >= 15 is 0 Å². The number of hydrogen-bond donors (Lipinski definition) is 4. The minimum Gasteiger partial charge on any atom is -0.457 e. The molecule has 2 amide bonds. The van der Waals surface area contributed by atoms with E-state index in [1.807, 2.05) is 38.1 Å². The Labute approximate surface area is 244 Å². The number of anilines is 2. The Kier molecular flexibility index (Phi) is 8.63. The molecule has 42 heavy (non-hydrogen) atoms. The number of carbonyl (C=O) groups excluding carboxylic acids is 2. The predicted molar refractivity (Wildman–Crippen MR) is 166 cm³/mol. The lowest BCUT2D eigenvalue weighted by molar-refractivity contribution is -0.116. The third-order valence-electron chi connectivity index (χ3n) is 7.61. The van der Waals surface area contributed by atoms with Crippen molar-refractivity contribution in [3.8, 4) is 22.6 Å². The van der Waals surface area contributed by atoms with Crippen LogP contribution < -0.4 is 26.7 Å². The first kappa shape index (κ1) is 28.9. The largest absolute Gasteiger partial charge is 0.457 e. The second-order valence-corrected chi connectivity index (χ2v) is 10.9. The lowest BCUT2D eigenvalue weighted by Gasteiger charge is -2.26. The Morgan fingerprint density at radius 1 is 1.05 bits per heavy atom. The van der Waals surface area contributed by atoms with Crippen molar-refractivity contribution in [1.29, 1.82) is 0 Å². The van der Waals surface area contributed by atoms with E-state index in [-0.39, 0.29) is 17.4 Å². The fraction of sp³-hybridized carbons (Fsp3) is 0.344. The van der Waals surface area contributed by atoms with Crippen molar-refractivity contribution in [3.05, 3.63) is 70.3 Å². The number of hydrogen-bond acceptors (Lipinski definition) is 6. The van der Waals surface area contributed by atoms with E-state index < -0.39 is 0 Å². The SMILES string of the molecule is CCNC(=O)c1cc2c(-c3cc(N)cc(Oc4ccc(C)c(NC(=O)CCN5CCCCC5)c4)c3)cn(C)c(=O)c2[nH]1. The molecule has 2 aromatic carbocycles. The van der Waals surface area contributed by atoms with Gasteiger partial charge in [0.15, 0.2) is 0 Å². The van der Waals surface area contributed by atoms with Crippen molar-refractivity contribution in [3.63, 3.8) is 0 Å². The number of aryl methyl sites for hydroxylation is 2. The fourth-order valence-electron chi connectivity index (χ4n) is 5.37. The fourth-order valence-corrected chi connectivity index (χ4v) is 5.37. The quantitative estimate of drug-likeness (QED) is 0.214. The van der Waals surface area contributed by atoms with Crippen LogP contribution in [0.3, 0.4) is 0 Å². The average molecular weight is 571 g/mol. The second-order valence-electron chi connectivity index (χ2n) is 10.9. The molecule has 0 spiro atoms. The Morgan fingerprint density at radius 2 is 1.83 bits per heavy atom.